The quantitative estimate of drug-likeness (QED) is 0.771. The topological polar surface area (TPSA) is 37.5 Å². The molecule has 0 radical (unpaired) electrons. The maximum atomic E-state index is 9.72. The summed E-state index contributed by atoms with van der Waals surface area (Å²) in [4.78, 5) is 4.73. The molecular formula is C17H18N2O. The van der Waals surface area contributed by atoms with Gasteiger partial charge in [-0.25, -0.2) is 4.98 Å². The Morgan fingerprint density at radius 3 is 2.55 bits per heavy atom. The summed E-state index contributed by atoms with van der Waals surface area (Å²) >= 11 is 0. The number of hydrogen-bond acceptors (Lipinski definition) is 2. The van der Waals surface area contributed by atoms with Crippen LogP contribution in [0.15, 0.2) is 36.5 Å². The molecule has 0 aliphatic heterocycles. The summed E-state index contributed by atoms with van der Waals surface area (Å²) in [6.45, 7) is 6.21. The van der Waals surface area contributed by atoms with Crippen molar-refractivity contribution in [2.45, 2.75) is 27.4 Å². The van der Waals surface area contributed by atoms with Crippen LogP contribution in [-0.4, -0.2) is 14.5 Å². The Hall–Kier alpha value is -2.13. The third kappa shape index (κ3) is 1.91. The van der Waals surface area contributed by atoms with Gasteiger partial charge in [0.25, 0.3) is 0 Å². The van der Waals surface area contributed by atoms with Crippen LogP contribution in [0.5, 0.6) is 0 Å². The predicted octanol–water partition coefficient (Wildman–Crippen LogP) is 3.42. The fraction of sp³-hybridized carbons (Fsp3) is 0.235. The van der Waals surface area contributed by atoms with E-state index in [0.717, 1.165) is 28.2 Å². The van der Waals surface area contributed by atoms with Crippen LogP contribution in [0.3, 0.4) is 0 Å². The van der Waals surface area contributed by atoms with Crippen LogP contribution in [0.4, 0.5) is 0 Å². The van der Waals surface area contributed by atoms with Gasteiger partial charge in [0.05, 0.1) is 18.0 Å². The summed E-state index contributed by atoms with van der Waals surface area (Å²) in [6.07, 6.45) is 1.95. The lowest BCUT2D eigenvalue weighted by Crippen LogP contribution is -1.95. The minimum atomic E-state index is -0.0210. The minimum absolute atomic E-state index is 0.0210. The summed E-state index contributed by atoms with van der Waals surface area (Å²) < 4.78 is 1.97. The Labute approximate surface area is 118 Å². The molecule has 0 saturated heterocycles. The molecule has 2 heterocycles. The second kappa shape index (κ2) is 4.76. The molecule has 0 spiro atoms. The Kier molecular flexibility index (Phi) is 3.07. The van der Waals surface area contributed by atoms with Gasteiger partial charge in [-0.2, -0.15) is 0 Å². The molecule has 0 unspecified atom stereocenters. The highest BCUT2D eigenvalue weighted by Gasteiger charge is 2.14. The summed E-state index contributed by atoms with van der Waals surface area (Å²) in [5.41, 5.74) is 7.28. The molecule has 102 valence electrons. The molecule has 20 heavy (non-hydrogen) atoms. The third-order valence-corrected chi connectivity index (χ3v) is 3.87. The van der Waals surface area contributed by atoms with Gasteiger partial charge in [0, 0.05) is 11.8 Å². The maximum Gasteiger partial charge on any atom is 0.140 e. The first-order valence-electron chi connectivity index (χ1n) is 6.77. The number of aliphatic hydroxyl groups is 1. The van der Waals surface area contributed by atoms with Crippen molar-refractivity contribution < 1.29 is 5.11 Å². The SMILES string of the molecule is Cc1ccc(-c2nc3c(C)cccn3c2CO)cc1C. The van der Waals surface area contributed by atoms with Gasteiger partial charge >= 0.3 is 0 Å². The van der Waals surface area contributed by atoms with Crippen LogP contribution in [0.25, 0.3) is 16.9 Å². The van der Waals surface area contributed by atoms with Crippen molar-refractivity contribution in [3.63, 3.8) is 0 Å². The highest BCUT2D eigenvalue weighted by Crippen LogP contribution is 2.27. The molecule has 0 fully saturated rings. The van der Waals surface area contributed by atoms with Crippen LogP contribution in [0.2, 0.25) is 0 Å². The largest absolute Gasteiger partial charge is 0.390 e. The molecule has 0 aliphatic rings. The van der Waals surface area contributed by atoms with E-state index in [1.807, 2.05) is 29.7 Å². The minimum Gasteiger partial charge on any atom is -0.390 e. The summed E-state index contributed by atoms with van der Waals surface area (Å²) in [7, 11) is 0. The van der Waals surface area contributed by atoms with Gasteiger partial charge in [-0.05, 0) is 49.6 Å². The zero-order valence-electron chi connectivity index (χ0n) is 12.0. The molecule has 0 aliphatic carbocycles. The number of aryl methyl sites for hydroxylation is 3. The third-order valence-electron chi connectivity index (χ3n) is 3.87. The summed E-state index contributed by atoms with van der Waals surface area (Å²) in [5, 5.41) is 9.72. The van der Waals surface area contributed by atoms with E-state index in [4.69, 9.17) is 4.98 Å². The van der Waals surface area contributed by atoms with E-state index in [-0.39, 0.29) is 6.61 Å². The van der Waals surface area contributed by atoms with Gasteiger partial charge in [0.15, 0.2) is 0 Å². The highest BCUT2D eigenvalue weighted by atomic mass is 16.3. The lowest BCUT2D eigenvalue weighted by Gasteiger charge is -2.05. The normalized spacial score (nSPS) is 11.2. The lowest BCUT2D eigenvalue weighted by molar-refractivity contribution is 0.276. The number of rotatable bonds is 2. The van der Waals surface area contributed by atoms with Crippen molar-refractivity contribution in [1.82, 2.24) is 9.38 Å². The Bertz CT molecular complexity index is 787. The van der Waals surface area contributed by atoms with Gasteiger partial charge < -0.3 is 9.51 Å². The van der Waals surface area contributed by atoms with Crippen molar-refractivity contribution >= 4 is 5.65 Å². The lowest BCUT2D eigenvalue weighted by atomic mass is 10.0. The van der Waals surface area contributed by atoms with Gasteiger partial charge in [0.1, 0.15) is 5.65 Å². The van der Waals surface area contributed by atoms with Crippen LogP contribution in [-0.2, 0) is 6.61 Å². The Balaban J connectivity index is 2.30. The van der Waals surface area contributed by atoms with E-state index in [9.17, 15) is 5.11 Å². The molecule has 1 aromatic carbocycles. The number of nitrogens with zero attached hydrogens (tertiary/aromatic N) is 2. The van der Waals surface area contributed by atoms with Crippen molar-refractivity contribution in [3.05, 3.63) is 58.9 Å². The Morgan fingerprint density at radius 1 is 1.05 bits per heavy atom. The summed E-state index contributed by atoms with van der Waals surface area (Å²) in [5.74, 6) is 0. The molecule has 3 heteroatoms. The number of aliphatic hydroxyl groups excluding tert-OH is 1. The number of pyridine rings is 1. The van der Waals surface area contributed by atoms with Crippen molar-refractivity contribution in [3.8, 4) is 11.3 Å². The second-order valence-electron chi connectivity index (χ2n) is 5.25. The van der Waals surface area contributed by atoms with Crippen LogP contribution in [0.1, 0.15) is 22.4 Å². The number of imidazole rings is 1. The van der Waals surface area contributed by atoms with E-state index in [1.165, 1.54) is 11.1 Å². The van der Waals surface area contributed by atoms with Crippen molar-refractivity contribution in [2.24, 2.45) is 0 Å². The average Bonchev–Trinajstić information content (AvgIpc) is 2.82. The zero-order chi connectivity index (χ0) is 14.3. The predicted molar refractivity (Wildman–Crippen MR) is 80.8 cm³/mol. The molecule has 2 aromatic heterocycles. The fourth-order valence-corrected chi connectivity index (χ4v) is 2.52. The van der Waals surface area contributed by atoms with Gasteiger partial charge in [-0.15, -0.1) is 0 Å². The molecular weight excluding hydrogens is 248 g/mol. The zero-order valence-corrected chi connectivity index (χ0v) is 12.0. The molecule has 0 bridgehead atoms. The highest BCUT2D eigenvalue weighted by molar-refractivity contribution is 5.68. The van der Waals surface area contributed by atoms with Crippen LogP contribution in [0, 0.1) is 20.8 Å². The van der Waals surface area contributed by atoms with E-state index in [0.29, 0.717) is 0 Å². The van der Waals surface area contributed by atoms with Crippen LogP contribution >= 0.6 is 0 Å². The molecule has 0 saturated carbocycles. The first-order valence-corrected chi connectivity index (χ1v) is 6.77. The van der Waals surface area contributed by atoms with E-state index >= 15 is 0 Å². The smallest absolute Gasteiger partial charge is 0.140 e. The fourth-order valence-electron chi connectivity index (χ4n) is 2.52. The standard InChI is InChI=1S/C17H18N2O/c1-11-6-7-14(9-13(11)3)16-15(10-20)19-8-4-5-12(2)17(19)18-16/h4-9,20H,10H2,1-3H3. The number of aromatic nitrogens is 2. The molecule has 3 rings (SSSR count). The van der Waals surface area contributed by atoms with E-state index in [2.05, 4.69) is 32.0 Å². The molecule has 0 amide bonds. The molecule has 1 N–H and O–H groups in total. The van der Waals surface area contributed by atoms with Crippen molar-refractivity contribution in [1.29, 1.82) is 0 Å². The van der Waals surface area contributed by atoms with E-state index < -0.39 is 0 Å². The van der Waals surface area contributed by atoms with E-state index in [1.54, 1.807) is 0 Å². The Morgan fingerprint density at radius 2 is 1.85 bits per heavy atom. The second-order valence-corrected chi connectivity index (χ2v) is 5.25. The van der Waals surface area contributed by atoms with Gasteiger partial charge in [-0.3, -0.25) is 0 Å². The average molecular weight is 266 g/mol. The number of hydrogen-bond donors (Lipinski definition) is 1. The van der Waals surface area contributed by atoms with Crippen LogP contribution < -0.4 is 0 Å². The van der Waals surface area contributed by atoms with Gasteiger partial charge in [0.2, 0.25) is 0 Å². The number of benzene rings is 1. The first-order chi connectivity index (χ1) is 9.61. The van der Waals surface area contributed by atoms with Gasteiger partial charge in [-0.1, -0.05) is 18.2 Å². The summed E-state index contributed by atoms with van der Waals surface area (Å²) in [6, 6.07) is 10.3. The maximum absolute atomic E-state index is 9.72. The molecule has 3 aromatic rings. The molecule has 0 atom stereocenters. The number of fused-ring (bicyclic) bond motifs is 1. The monoisotopic (exact) mass is 266 g/mol. The van der Waals surface area contributed by atoms with Crippen molar-refractivity contribution in [2.75, 3.05) is 0 Å². The first kappa shape index (κ1) is 12.9. The molecule has 3 nitrogen and oxygen atoms in total.